The molecule has 1 aromatic heterocycles. The van der Waals surface area contributed by atoms with Crippen LogP contribution in [0.3, 0.4) is 0 Å². The largest absolute Gasteiger partial charge is 0.339 e. The molecule has 1 aliphatic rings. The number of halogens is 1. The summed E-state index contributed by atoms with van der Waals surface area (Å²) in [6.07, 6.45) is 1.28. The number of hydrogen-bond acceptors (Lipinski definition) is 5. The van der Waals surface area contributed by atoms with Crippen LogP contribution in [0.15, 0.2) is 64.0 Å². The lowest BCUT2D eigenvalue weighted by Crippen LogP contribution is -2.37. The summed E-state index contributed by atoms with van der Waals surface area (Å²) in [5, 5.41) is 4.65. The molecule has 27 heavy (non-hydrogen) atoms. The zero-order valence-electron chi connectivity index (χ0n) is 14.5. The highest BCUT2D eigenvalue weighted by atomic mass is 35.5. The lowest BCUT2D eigenvalue weighted by Gasteiger charge is -2.29. The molecule has 2 heterocycles. The van der Waals surface area contributed by atoms with Crippen molar-refractivity contribution in [2.24, 2.45) is 0 Å². The SMILES string of the molecule is O=S(=O)(c1ccccc1)N1CCC(c2nc(-c3cccc(Cl)c3)no2)CC1. The molecule has 1 saturated heterocycles. The zero-order valence-corrected chi connectivity index (χ0v) is 16.0. The molecule has 4 rings (SSSR count). The minimum Gasteiger partial charge on any atom is -0.339 e. The summed E-state index contributed by atoms with van der Waals surface area (Å²) in [4.78, 5) is 4.81. The third-order valence-corrected chi connectivity index (χ3v) is 6.86. The summed E-state index contributed by atoms with van der Waals surface area (Å²) in [6.45, 7) is 0.855. The summed E-state index contributed by atoms with van der Waals surface area (Å²) in [6, 6.07) is 15.8. The molecule has 1 fully saturated rings. The topological polar surface area (TPSA) is 76.3 Å². The first kappa shape index (κ1) is 18.2. The van der Waals surface area contributed by atoms with Crippen molar-refractivity contribution < 1.29 is 12.9 Å². The standard InChI is InChI=1S/C19H18ClN3O3S/c20-16-6-4-5-15(13-16)18-21-19(26-22-18)14-9-11-23(12-10-14)27(24,25)17-7-2-1-3-8-17/h1-8,13-14H,9-12H2. The van der Waals surface area contributed by atoms with E-state index in [1.54, 1.807) is 42.5 Å². The van der Waals surface area contributed by atoms with Gasteiger partial charge in [-0.1, -0.05) is 47.1 Å². The van der Waals surface area contributed by atoms with E-state index in [1.807, 2.05) is 12.1 Å². The number of nitrogens with zero attached hydrogens (tertiary/aromatic N) is 3. The van der Waals surface area contributed by atoms with E-state index in [4.69, 9.17) is 16.1 Å². The molecular weight excluding hydrogens is 386 g/mol. The Balaban J connectivity index is 1.46. The quantitative estimate of drug-likeness (QED) is 0.659. The van der Waals surface area contributed by atoms with E-state index in [9.17, 15) is 8.42 Å². The molecule has 0 saturated carbocycles. The fraction of sp³-hybridized carbons (Fsp3) is 0.263. The van der Waals surface area contributed by atoms with Crippen LogP contribution >= 0.6 is 11.6 Å². The molecule has 0 radical (unpaired) electrons. The Bertz CT molecular complexity index is 1030. The van der Waals surface area contributed by atoms with Crippen LogP contribution in [0.25, 0.3) is 11.4 Å². The fourth-order valence-corrected chi connectivity index (χ4v) is 4.91. The van der Waals surface area contributed by atoms with Gasteiger partial charge < -0.3 is 4.52 Å². The predicted molar refractivity (Wildman–Crippen MR) is 102 cm³/mol. The second kappa shape index (κ2) is 7.42. The van der Waals surface area contributed by atoms with Crippen LogP contribution in [-0.4, -0.2) is 36.0 Å². The van der Waals surface area contributed by atoms with Crippen molar-refractivity contribution in [2.45, 2.75) is 23.7 Å². The van der Waals surface area contributed by atoms with Gasteiger partial charge in [0.05, 0.1) is 4.90 Å². The van der Waals surface area contributed by atoms with E-state index < -0.39 is 10.0 Å². The first-order chi connectivity index (χ1) is 13.0. The molecule has 6 nitrogen and oxygen atoms in total. The number of piperidine rings is 1. The highest BCUT2D eigenvalue weighted by Crippen LogP contribution is 2.31. The van der Waals surface area contributed by atoms with Gasteiger partial charge in [0.2, 0.25) is 21.7 Å². The monoisotopic (exact) mass is 403 g/mol. The van der Waals surface area contributed by atoms with E-state index in [0.29, 0.717) is 47.6 Å². The van der Waals surface area contributed by atoms with Gasteiger partial charge in [0.15, 0.2) is 0 Å². The highest BCUT2D eigenvalue weighted by molar-refractivity contribution is 7.89. The zero-order chi connectivity index (χ0) is 18.9. The van der Waals surface area contributed by atoms with Crippen LogP contribution < -0.4 is 0 Å². The van der Waals surface area contributed by atoms with Crippen molar-refractivity contribution >= 4 is 21.6 Å². The highest BCUT2D eigenvalue weighted by Gasteiger charge is 2.32. The van der Waals surface area contributed by atoms with Crippen LogP contribution in [0.2, 0.25) is 5.02 Å². The van der Waals surface area contributed by atoms with E-state index in [1.165, 1.54) is 4.31 Å². The maximum Gasteiger partial charge on any atom is 0.243 e. The first-order valence-electron chi connectivity index (χ1n) is 8.69. The van der Waals surface area contributed by atoms with E-state index >= 15 is 0 Å². The van der Waals surface area contributed by atoms with Crippen LogP contribution in [0.5, 0.6) is 0 Å². The molecule has 0 spiro atoms. The Morgan fingerprint density at radius 3 is 2.48 bits per heavy atom. The van der Waals surface area contributed by atoms with Gasteiger partial charge in [0, 0.05) is 29.6 Å². The van der Waals surface area contributed by atoms with Gasteiger partial charge in [-0.25, -0.2) is 8.42 Å². The summed E-state index contributed by atoms with van der Waals surface area (Å²) >= 11 is 6.01. The van der Waals surface area contributed by atoms with E-state index in [-0.39, 0.29) is 5.92 Å². The van der Waals surface area contributed by atoms with Gasteiger partial charge in [-0.3, -0.25) is 0 Å². The molecule has 2 aromatic carbocycles. The first-order valence-corrected chi connectivity index (χ1v) is 10.5. The smallest absolute Gasteiger partial charge is 0.243 e. The van der Waals surface area contributed by atoms with Gasteiger partial charge in [0.1, 0.15) is 0 Å². The Labute approximate surface area is 162 Å². The maximum absolute atomic E-state index is 12.7. The van der Waals surface area contributed by atoms with Gasteiger partial charge >= 0.3 is 0 Å². The number of rotatable bonds is 4. The molecule has 8 heteroatoms. The van der Waals surface area contributed by atoms with Gasteiger partial charge in [0.25, 0.3) is 0 Å². The second-order valence-corrected chi connectivity index (χ2v) is 8.83. The molecule has 0 atom stereocenters. The van der Waals surface area contributed by atoms with Crippen LogP contribution in [0.4, 0.5) is 0 Å². The minimum atomic E-state index is -3.46. The third kappa shape index (κ3) is 3.76. The fourth-order valence-electron chi connectivity index (χ4n) is 3.23. The average Bonchev–Trinajstić information content (AvgIpc) is 3.19. The molecular formula is C19H18ClN3O3S. The van der Waals surface area contributed by atoms with E-state index in [0.717, 1.165) is 5.56 Å². The van der Waals surface area contributed by atoms with Crippen molar-refractivity contribution in [3.05, 3.63) is 65.5 Å². The second-order valence-electron chi connectivity index (χ2n) is 6.46. The molecule has 140 valence electrons. The van der Waals surface area contributed by atoms with Crippen molar-refractivity contribution in [1.82, 2.24) is 14.4 Å². The Morgan fingerprint density at radius 1 is 1.04 bits per heavy atom. The number of sulfonamides is 1. The predicted octanol–water partition coefficient (Wildman–Crippen LogP) is 3.96. The van der Waals surface area contributed by atoms with Gasteiger partial charge in [-0.05, 0) is 37.1 Å². The molecule has 3 aromatic rings. The Morgan fingerprint density at radius 2 is 1.78 bits per heavy atom. The summed E-state index contributed by atoms with van der Waals surface area (Å²) in [5.41, 5.74) is 0.793. The molecule has 0 aliphatic carbocycles. The Kier molecular flexibility index (Phi) is 4.99. The normalized spacial score (nSPS) is 16.5. The van der Waals surface area contributed by atoms with Gasteiger partial charge in [-0.2, -0.15) is 9.29 Å². The molecule has 1 aliphatic heterocycles. The summed E-state index contributed by atoms with van der Waals surface area (Å²) < 4.78 is 32.4. The lowest BCUT2D eigenvalue weighted by atomic mass is 9.98. The van der Waals surface area contributed by atoms with E-state index in [2.05, 4.69) is 10.1 Å². The van der Waals surface area contributed by atoms with Crippen LogP contribution in [-0.2, 0) is 10.0 Å². The van der Waals surface area contributed by atoms with Crippen molar-refractivity contribution in [3.63, 3.8) is 0 Å². The van der Waals surface area contributed by atoms with Gasteiger partial charge in [-0.15, -0.1) is 0 Å². The molecule has 0 amide bonds. The van der Waals surface area contributed by atoms with Crippen LogP contribution in [0, 0.1) is 0 Å². The van der Waals surface area contributed by atoms with Crippen molar-refractivity contribution in [2.75, 3.05) is 13.1 Å². The number of hydrogen-bond donors (Lipinski definition) is 0. The number of aromatic nitrogens is 2. The number of benzene rings is 2. The molecule has 0 unspecified atom stereocenters. The van der Waals surface area contributed by atoms with Crippen molar-refractivity contribution in [3.8, 4) is 11.4 Å². The summed E-state index contributed by atoms with van der Waals surface area (Å²) in [7, 11) is -3.46. The van der Waals surface area contributed by atoms with Crippen molar-refractivity contribution in [1.29, 1.82) is 0 Å². The summed E-state index contributed by atoms with van der Waals surface area (Å²) in [5.74, 6) is 1.08. The maximum atomic E-state index is 12.7. The average molecular weight is 404 g/mol. The van der Waals surface area contributed by atoms with Crippen LogP contribution in [0.1, 0.15) is 24.7 Å². The minimum absolute atomic E-state index is 0.0488. The molecule has 0 bridgehead atoms. The Hall–Kier alpha value is -2.22. The third-order valence-electron chi connectivity index (χ3n) is 4.71. The lowest BCUT2D eigenvalue weighted by molar-refractivity contribution is 0.271. The molecule has 0 N–H and O–H groups in total.